The van der Waals surface area contributed by atoms with Gasteiger partial charge in [-0.3, -0.25) is 9.79 Å². The third-order valence-electron chi connectivity index (χ3n) is 3.53. The van der Waals surface area contributed by atoms with Gasteiger partial charge in [0.1, 0.15) is 6.10 Å². The highest BCUT2D eigenvalue weighted by atomic mass is 17.2. The van der Waals surface area contributed by atoms with E-state index in [9.17, 15) is 4.79 Å². The Bertz CT molecular complexity index is 257. The Balaban J connectivity index is 2.67. The van der Waals surface area contributed by atoms with E-state index in [2.05, 4.69) is 44.5 Å². The molecule has 0 unspecified atom stereocenters. The Labute approximate surface area is 96.3 Å². The quantitative estimate of drug-likeness (QED) is 0.583. The predicted molar refractivity (Wildman–Crippen MR) is 59.1 cm³/mol. The van der Waals surface area contributed by atoms with E-state index in [1.807, 2.05) is 0 Å². The number of carbonyl (C=O) groups is 1. The molecule has 0 atom stereocenters. The van der Waals surface area contributed by atoms with E-state index in [4.69, 9.17) is 9.99 Å². The highest BCUT2D eigenvalue weighted by molar-refractivity contribution is 5.55. The standard InChI is InChI=1S/C11H21NO4/c1-10(2)6-8(15-16-9(13)14)7-11(3,4)12(10)5/h8H,6-7H2,1-5H3,(H,13,14). The first-order valence-electron chi connectivity index (χ1n) is 5.45. The van der Waals surface area contributed by atoms with Crippen molar-refractivity contribution in [1.82, 2.24) is 4.90 Å². The Morgan fingerprint density at radius 3 is 2.06 bits per heavy atom. The SMILES string of the molecule is CN1C(C)(C)CC(OOC(=O)O)CC1(C)C. The number of hydrogen-bond acceptors (Lipinski definition) is 4. The summed E-state index contributed by atoms with van der Waals surface area (Å²) in [6, 6.07) is 0. The topological polar surface area (TPSA) is 59.0 Å². The second-order valence-electron chi connectivity index (χ2n) is 5.66. The fourth-order valence-electron chi connectivity index (χ4n) is 2.46. The maximum Gasteiger partial charge on any atom is 0.537 e. The summed E-state index contributed by atoms with van der Waals surface area (Å²) in [5.74, 6) is 0. The number of likely N-dealkylation sites (tertiary alicyclic amines) is 1. The fraction of sp³-hybridized carbons (Fsp3) is 0.909. The lowest BCUT2D eigenvalue weighted by atomic mass is 9.79. The summed E-state index contributed by atoms with van der Waals surface area (Å²) in [5.41, 5.74) is -0.0669. The normalized spacial score (nSPS) is 25.3. The summed E-state index contributed by atoms with van der Waals surface area (Å²) in [4.78, 5) is 21.7. The first-order chi connectivity index (χ1) is 7.15. The van der Waals surface area contributed by atoms with Crippen LogP contribution in [0.25, 0.3) is 0 Å². The number of piperidine rings is 1. The summed E-state index contributed by atoms with van der Waals surface area (Å²) in [7, 11) is 2.08. The Morgan fingerprint density at radius 2 is 1.69 bits per heavy atom. The van der Waals surface area contributed by atoms with Crippen molar-refractivity contribution in [2.45, 2.75) is 57.7 Å². The summed E-state index contributed by atoms with van der Waals surface area (Å²) in [5, 5.41) is 8.40. The zero-order valence-corrected chi connectivity index (χ0v) is 10.6. The maximum atomic E-state index is 10.3. The van der Waals surface area contributed by atoms with Crippen LogP contribution in [-0.2, 0) is 9.78 Å². The maximum absolute atomic E-state index is 10.3. The molecule has 0 radical (unpaired) electrons. The zero-order valence-electron chi connectivity index (χ0n) is 10.6. The molecule has 1 heterocycles. The summed E-state index contributed by atoms with van der Waals surface area (Å²) >= 11 is 0. The molecule has 0 spiro atoms. The van der Waals surface area contributed by atoms with E-state index < -0.39 is 6.16 Å². The molecule has 0 saturated carbocycles. The molecule has 0 aromatic heterocycles. The van der Waals surface area contributed by atoms with Gasteiger partial charge in [0.2, 0.25) is 0 Å². The van der Waals surface area contributed by atoms with Crippen molar-refractivity contribution in [1.29, 1.82) is 0 Å². The number of hydrogen-bond donors (Lipinski definition) is 1. The van der Waals surface area contributed by atoms with Gasteiger partial charge in [0, 0.05) is 11.1 Å². The van der Waals surface area contributed by atoms with Crippen molar-refractivity contribution < 1.29 is 19.7 Å². The van der Waals surface area contributed by atoms with Gasteiger partial charge in [-0.1, -0.05) is 0 Å². The molecule has 5 nitrogen and oxygen atoms in total. The summed E-state index contributed by atoms with van der Waals surface area (Å²) in [6.45, 7) is 8.46. The van der Waals surface area contributed by atoms with Crippen LogP contribution < -0.4 is 0 Å². The monoisotopic (exact) mass is 231 g/mol. The molecular weight excluding hydrogens is 210 g/mol. The van der Waals surface area contributed by atoms with E-state index in [-0.39, 0.29) is 17.2 Å². The van der Waals surface area contributed by atoms with Crippen molar-refractivity contribution in [3.63, 3.8) is 0 Å². The Morgan fingerprint density at radius 1 is 1.25 bits per heavy atom. The number of nitrogens with zero attached hydrogens (tertiary/aromatic N) is 1. The predicted octanol–water partition coefficient (Wildman–Crippen LogP) is 2.26. The Hall–Kier alpha value is -0.810. The molecule has 1 rings (SSSR count). The van der Waals surface area contributed by atoms with Crippen LogP contribution in [0, 0.1) is 0 Å². The van der Waals surface area contributed by atoms with Crippen LogP contribution in [0.4, 0.5) is 4.79 Å². The van der Waals surface area contributed by atoms with Gasteiger partial charge >= 0.3 is 6.16 Å². The van der Waals surface area contributed by atoms with Gasteiger partial charge in [0.25, 0.3) is 0 Å². The Kier molecular flexibility index (Phi) is 3.50. The van der Waals surface area contributed by atoms with E-state index in [1.165, 1.54) is 0 Å². The van der Waals surface area contributed by atoms with Crippen molar-refractivity contribution >= 4 is 6.16 Å². The minimum atomic E-state index is -1.39. The smallest absolute Gasteiger partial charge is 0.448 e. The molecule has 5 heteroatoms. The lowest BCUT2D eigenvalue weighted by molar-refractivity contribution is -0.302. The summed E-state index contributed by atoms with van der Waals surface area (Å²) in [6.07, 6.45) is -0.0766. The zero-order chi connectivity index (χ0) is 12.6. The van der Waals surface area contributed by atoms with Crippen LogP contribution in [0.5, 0.6) is 0 Å². The lowest BCUT2D eigenvalue weighted by Crippen LogP contribution is -2.60. The highest BCUT2D eigenvalue weighted by Gasteiger charge is 2.44. The van der Waals surface area contributed by atoms with Crippen LogP contribution in [0.1, 0.15) is 40.5 Å². The largest absolute Gasteiger partial charge is 0.537 e. The van der Waals surface area contributed by atoms with Gasteiger partial charge in [0.05, 0.1) is 0 Å². The minimum absolute atomic E-state index is 0.0335. The molecule has 1 saturated heterocycles. The molecule has 16 heavy (non-hydrogen) atoms. The number of rotatable bonds is 2. The van der Waals surface area contributed by atoms with E-state index in [1.54, 1.807) is 0 Å². The summed E-state index contributed by atoms with van der Waals surface area (Å²) < 4.78 is 0. The van der Waals surface area contributed by atoms with Gasteiger partial charge in [-0.15, -0.1) is 0 Å². The molecule has 1 aliphatic heterocycles. The minimum Gasteiger partial charge on any atom is -0.448 e. The van der Waals surface area contributed by atoms with Crippen LogP contribution in [0.3, 0.4) is 0 Å². The van der Waals surface area contributed by atoms with Gasteiger partial charge in [-0.2, -0.15) is 4.89 Å². The molecule has 0 bridgehead atoms. The molecule has 94 valence electrons. The van der Waals surface area contributed by atoms with Crippen molar-refractivity contribution in [2.75, 3.05) is 7.05 Å². The first kappa shape index (κ1) is 13.3. The average Bonchev–Trinajstić information content (AvgIpc) is 2.10. The van der Waals surface area contributed by atoms with Gasteiger partial charge < -0.3 is 5.11 Å². The van der Waals surface area contributed by atoms with Gasteiger partial charge in [-0.25, -0.2) is 4.79 Å². The van der Waals surface area contributed by atoms with E-state index in [0.29, 0.717) is 0 Å². The molecule has 0 amide bonds. The molecule has 1 N–H and O–H groups in total. The third-order valence-corrected chi connectivity index (χ3v) is 3.53. The molecular formula is C11H21NO4. The second kappa shape index (κ2) is 4.22. The van der Waals surface area contributed by atoms with Crippen LogP contribution in [0.15, 0.2) is 0 Å². The lowest BCUT2D eigenvalue weighted by Gasteiger charge is -2.52. The number of carboxylic acid groups (broad SMARTS) is 1. The molecule has 1 fully saturated rings. The van der Waals surface area contributed by atoms with Crippen LogP contribution >= 0.6 is 0 Å². The van der Waals surface area contributed by atoms with E-state index >= 15 is 0 Å². The molecule has 0 aromatic carbocycles. The molecule has 0 aromatic rings. The van der Waals surface area contributed by atoms with Crippen LogP contribution in [-0.4, -0.2) is 40.4 Å². The fourth-order valence-corrected chi connectivity index (χ4v) is 2.46. The van der Waals surface area contributed by atoms with Gasteiger partial charge in [-0.05, 0) is 47.6 Å². The third kappa shape index (κ3) is 2.86. The average molecular weight is 231 g/mol. The highest BCUT2D eigenvalue weighted by Crippen LogP contribution is 2.38. The van der Waals surface area contributed by atoms with Crippen molar-refractivity contribution in [2.24, 2.45) is 0 Å². The van der Waals surface area contributed by atoms with Crippen molar-refractivity contribution in [3.8, 4) is 0 Å². The van der Waals surface area contributed by atoms with E-state index in [0.717, 1.165) is 12.8 Å². The second-order valence-corrected chi connectivity index (χ2v) is 5.66. The van der Waals surface area contributed by atoms with Gasteiger partial charge in [0.15, 0.2) is 0 Å². The first-order valence-corrected chi connectivity index (χ1v) is 5.45. The van der Waals surface area contributed by atoms with Crippen molar-refractivity contribution in [3.05, 3.63) is 0 Å². The molecule has 0 aliphatic carbocycles. The van der Waals surface area contributed by atoms with Crippen LogP contribution in [0.2, 0.25) is 0 Å². The molecule has 1 aliphatic rings.